The van der Waals surface area contributed by atoms with Crippen LogP contribution in [0.4, 0.5) is 5.69 Å². The molecule has 0 spiro atoms. The average Bonchev–Trinajstić information content (AvgIpc) is 2.95. The molecule has 1 saturated heterocycles. The fourth-order valence-corrected chi connectivity index (χ4v) is 3.90. The van der Waals surface area contributed by atoms with Crippen molar-refractivity contribution in [1.82, 2.24) is 14.9 Å². The number of carbonyl (C=O) groups is 3. The Hall–Kier alpha value is -3.85. The van der Waals surface area contributed by atoms with Gasteiger partial charge >= 0.3 is 0 Å². The highest BCUT2D eigenvalue weighted by Gasteiger charge is 2.28. The van der Waals surface area contributed by atoms with Crippen LogP contribution in [0.1, 0.15) is 36.7 Å². The SMILES string of the molecule is Cc1nc2ccc(NC(=O)COCc3ccccc3)cc2c(=O)n1C1CCCC(=O)NC1=O. The third-order valence-electron chi connectivity index (χ3n) is 5.46. The van der Waals surface area contributed by atoms with Crippen LogP contribution < -0.4 is 16.2 Å². The van der Waals surface area contributed by atoms with Gasteiger partial charge < -0.3 is 10.1 Å². The van der Waals surface area contributed by atoms with E-state index in [-0.39, 0.29) is 30.2 Å². The number of benzene rings is 2. The fourth-order valence-electron chi connectivity index (χ4n) is 3.90. The second-order valence-electron chi connectivity index (χ2n) is 7.91. The number of amides is 3. The van der Waals surface area contributed by atoms with Crippen molar-refractivity contribution in [3.8, 4) is 0 Å². The summed E-state index contributed by atoms with van der Waals surface area (Å²) < 4.78 is 6.77. The summed E-state index contributed by atoms with van der Waals surface area (Å²) >= 11 is 0. The molecule has 1 aliphatic rings. The summed E-state index contributed by atoms with van der Waals surface area (Å²) in [5.74, 6) is -0.828. The molecule has 3 aromatic rings. The maximum Gasteiger partial charge on any atom is 0.262 e. The number of fused-ring (bicyclic) bond motifs is 1. The molecular formula is C24H24N4O5. The van der Waals surface area contributed by atoms with Crippen LogP contribution in [0.25, 0.3) is 10.9 Å². The van der Waals surface area contributed by atoms with Crippen molar-refractivity contribution < 1.29 is 19.1 Å². The van der Waals surface area contributed by atoms with Crippen molar-refractivity contribution in [2.24, 2.45) is 0 Å². The fraction of sp³-hybridized carbons (Fsp3) is 0.292. The Morgan fingerprint density at radius 3 is 2.76 bits per heavy atom. The van der Waals surface area contributed by atoms with E-state index < -0.39 is 17.5 Å². The van der Waals surface area contributed by atoms with Crippen molar-refractivity contribution in [3.05, 3.63) is 70.3 Å². The van der Waals surface area contributed by atoms with Crippen molar-refractivity contribution >= 4 is 34.3 Å². The zero-order valence-electron chi connectivity index (χ0n) is 18.2. The Morgan fingerprint density at radius 1 is 1.18 bits per heavy atom. The molecule has 1 aliphatic heterocycles. The number of rotatable bonds is 6. The second-order valence-corrected chi connectivity index (χ2v) is 7.91. The lowest BCUT2D eigenvalue weighted by molar-refractivity contribution is -0.131. The van der Waals surface area contributed by atoms with Crippen LogP contribution in [0.5, 0.6) is 0 Å². The highest BCUT2D eigenvalue weighted by molar-refractivity contribution is 5.98. The number of carbonyl (C=O) groups excluding carboxylic acids is 3. The largest absolute Gasteiger partial charge is 0.367 e. The number of nitrogens with zero attached hydrogens (tertiary/aromatic N) is 2. The Labute approximate surface area is 189 Å². The molecule has 3 amide bonds. The summed E-state index contributed by atoms with van der Waals surface area (Å²) in [5.41, 5.74) is 1.44. The van der Waals surface area contributed by atoms with Gasteiger partial charge in [0.05, 0.1) is 17.5 Å². The van der Waals surface area contributed by atoms with Gasteiger partial charge in [-0.05, 0) is 43.5 Å². The van der Waals surface area contributed by atoms with E-state index in [9.17, 15) is 19.2 Å². The predicted octanol–water partition coefficient (Wildman–Crippen LogP) is 2.23. The van der Waals surface area contributed by atoms with E-state index in [4.69, 9.17) is 4.74 Å². The molecule has 9 heteroatoms. The van der Waals surface area contributed by atoms with E-state index in [0.717, 1.165) is 5.56 Å². The standard InChI is InChI=1S/C24H24N4O5/c1-15-25-19-11-10-17(26-22(30)14-33-13-16-6-3-2-4-7-16)12-18(19)24(32)28(15)20-8-5-9-21(29)27-23(20)31/h2-4,6-7,10-12,20H,5,8-9,13-14H2,1H3,(H,26,30)(H,27,29,31). The molecule has 4 rings (SSSR count). The van der Waals surface area contributed by atoms with Gasteiger partial charge in [0.1, 0.15) is 18.5 Å². The molecule has 0 radical (unpaired) electrons. The van der Waals surface area contributed by atoms with Crippen LogP contribution in [0.15, 0.2) is 53.3 Å². The van der Waals surface area contributed by atoms with Gasteiger partial charge in [-0.15, -0.1) is 0 Å². The van der Waals surface area contributed by atoms with E-state index in [1.54, 1.807) is 19.1 Å². The minimum Gasteiger partial charge on any atom is -0.367 e. The van der Waals surface area contributed by atoms with Gasteiger partial charge in [-0.3, -0.25) is 29.1 Å². The van der Waals surface area contributed by atoms with Gasteiger partial charge in [-0.25, -0.2) is 4.98 Å². The van der Waals surface area contributed by atoms with Crippen molar-refractivity contribution in [1.29, 1.82) is 0 Å². The lowest BCUT2D eigenvalue weighted by Gasteiger charge is -2.19. The maximum atomic E-state index is 13.3. The summed E-state index contributed by atoms with van der Waals surface area (Å²) in [7, 11) is 0. The molecule has 2 N–H and O–H groups in total. The topological polar surface area (TPSA) is 119 Å². The number of imide groups is 1. The third kappa shape index (κ3) is 5.15. The average molecular weight is 448 g/mol. The minimum absolute atomic E-state index is 0.139. The van der Waals surface area contributed by atoms with E-state index >= 15 is 0 Å². The van der Waals surface area contributed by atoms with Gasteiger partial charge in [0.2, 0.25) is 17.7 Å². The van der Waals surface area contributed by atoms with Crippen LogP contribution in [0.3, 0.4) is 0 Å². The van der Waals surface area contributed by atoms with Crippen LogP contribution >= 0.6 is 0 Å². The molecular weight excluding hydrogens is 424 g/mol. The summed E-state index contributed by atoms with van der Waals surface area (Å²) in [4.78, 5) is 54.2. The molecule has 170 valence electrons. The smallest absolute Gasteiger partial charge is 0.262 e. The van der Waals surface area contributed by atoms with Gasteiger partial charge in [0.15, 0.2) is 0 Å². The van der Waals surface area contributed by atoms with E-state index in [1.807, 2.05) is 30.3 Å². The number of ether oxygens (including phenoxy) is 1. The number of hydrogen-bond donors (Lipinski definition) is 2. The van der Waals surface area contributed by atoms with Crippen LogP contribution in [0, 0.1) is 6.92 Å². The van der Waals surface area contributed by atoms with Crippen molar-refractivity contribution in [2.75, 3.05) is 11.9 Å². The van der Waals surface area contributed by atoms with Crippen molar-refractivity contribution in [3.63, 3.8) is 0 Å². The van der Waals surface area contributed by atoms with E-state index in [0.29, 0.717) is 36.5 Å². The lowest BCUT2D eigenvalue weighted by atomic mass is 10.1. The number of aromatic nitrogens is 2. The Balaban J connectivity index is 1.53. The normalized spacial score (nSPS) is 16.3. The first-order valence-electron chi connectivity index (χ1n) is 10.7. The number of aryl methyl sites for hydroxylation is 1. The highest BCUT2D eigenvalue weighted by Crippen LogP contribution is 2.21. The number of hydrogen-bond acceptors (Lipinski definition) is 6. The Morgan fingerprint density at radius 2 is 1.97 bits per heavy atom. The van der Waals surface area contributed by atoms with Crippen LogP contribution in [-0.4, -0.2) is 33.9 Å². The van der Waals surface area contributed by atoms with E-state index in [2.05, 4.69) is 15.6 Å². The second kappa shape index (κ2) is 9.74. The summed E-state index contributed by atoms with van der Waals surface area (Å²) in [6.07, 6.45) is 1.09. The number of anilines is 1. The maximum absolute atomic E-state index is 13.3. The molecule has 1 unspecified atom stereocenters. The Kier molecular flexibility index (Phi) is 6.60. The molecule has 0 bridgehead atoms. The molecule has 0 saturated carbocycles. The summed E-state index contributed by atoms with van der Waals surface area (Å²) in [6, 6.07) is 13.5. The Bertz CT molecular complexity index is 1270. The molecule has 9 nitrogen and oxygen atoms in total. The minimum atomic E-state index is -0.814. The summed E-state index contributed by atoms with van der Waals surface area (Å²) in [5, 5.41) is 5.32. The monoisotopic (exact) mass is 448 g/mol. The molecule has 1 atom stereocenters. The van der Waals surface area contributed by atoms with Crippen LogP contribution in [-0.2, 0) is 25.7 Å². The highest BCUT2D eigenvalue weighted by atomic mass is 16.5. The molecule has 33 heavy (non-hydrogen) atoms. The lowest BCUT2D eigenvalue weighted by Crippen LogP contribution is -2.39. The number of nitrogens with one attached hydrogen (secondary N) is 2. The van der Waals surface area contributed by atoms with Gasteiger partial charge in [0.25, 0.3) is 5.56 Å². The van der Waals surface area contributed by atoms with Crippen molar-refractivity contribution in [2.45, 2.75) is 38.8 Å². The quantitative estimate of drug-likeness (QED) is 0.558. The third-order valence-corrected chi connectivity index (χ3v) is 5.46. The molecule has 0 aliphatic carbocycles. The van der Waals surface area contributed by atoms with Crippen LogP contribution in [0.2, 0.25) is 0 Å². The molecule has 1 fully saturated rings. The molecule has 1 aromatic heterocycles. The predicted molar refractivity (Wildman–Crippen MR) is 122 cm³/mol. The first-order chi connectivity index (χ1) is 15.9. The van der Waals surface area contributed by atoms with Gasteiger partial charge in [0, 0.05) is 12.1 Å². The van der Waals surface area contributed by atoms with Gasteiger partial charge in [-0.2, -0.15) is 0 Å². The zero-order chi connectivity index (χ0) is 23.4. The molecule has 2 aromatic carbocycles. The van der Waals surface area contributed by atoms with E-state index in [1.165, 1.54) is 10.6 Å². The first kappa shape index (κ1) is 22.3. The van der Waals surface area contributed by atoms with Gasteiger partial charge in [-0.1, -0.05) is 30.3 Å². The first-order valence-corrected chi connectivity index (χ1v) is 10.7. The summed E-state index contributed by atoms with van der Waals surface area (Å²) in [6.45, 7) is 1.83. The molecule has 2 heterocycles. The zero-order valence-corrected chi connectivity index (χ0v) is 18.2.